The van der Waals surface area contributed by atoms with Gasteiger partial charge in [0.2, 0.25) is 0 Å². The smallest absolute Gasteiger partial charge is 0.269 e. The lowest BCUT2D eigenvalue weighted by molar-refractivity contribution is 0.103. The Balaban J connectivity index is 2.24. The summed E-state index contributed by atoms with van der Waals surface area (Å²) in [6.07, 6.45) is 0. The lowest BCUT2D eigenvalue weighted by Crippen LogP contribution is -2.13. The maximum Gasteiger partial charge on any atom is 0.269 e. The van der Waals surface area contributed by atoms with Crippen LogP contribution in [0.4, 0.5) is 16.6 Å². The number of nitrogens with one attached hydrogen (secondary N) is 2. The summed E-state index contributed by atoms with van der Waals surface area (Å²) in [4.78, 5) is 16.6. The van der Waals surface area contributed by atoms with E-state index in [4.69, 9.17) is 15.2 Å². The molecule has 21 heavy (non-hydrogen) atoms. The fraction of sp³-hybridized carbons (Fsp3) is 0.231. The zero-order valence-electron chi connectivity index (χ0n) is 11.9. The van der Waals surface area contributed by atoms with Crippen molar-refractivity contribution in [1.82, 2.24) is 4.98 Å². The molecule has 2 rings (SSSR count). The van der Waals surface area contributed by atoms with Crippen LogP contribution in [0, 0.1) is 0 Å². The Labute approximate surface area is 126 Å². The number of carbonyl (C=O) groups is 1. The number of methoxy groups -OCH3 is 2. The number of carbonyl (C=O) groups excluding carboxylic acids is 1. The standard InChI is InChI=1S/C13H16N4O3S/c1-15-13-17-11(14)10(21-13)12(18)16-8-5-4-7(19-2)6-9(8)20-3/h4-6H,14H2,1-3H3,(H,15,17)(H,16,18). The number of aromatic nitrogens is 1. The summed E-state index contributed by atoms with van der Waals surface area (Å²) in [6.45, 7) is 0. The van der Waals surface area contributed by atoms with Crippen molar-refractivity contribution in [2.24, 2.45) is 0 Å². The molecule has 0 aliphatic heterocycles. The van der Waals surface area contributed by atoms with Crippen LogP contribution >= 0.6 is 11.3 Å². The lowest BCUT2D eigenvalue weighted by Gasteiger charge is -2.11. The largest absolute Gasteiger partial charge is 0.497 e. The van der Waals surface area contributed by atoms with Crippen molar-refractivity contribution in [3.63, 3.8) is 0 Å². The van der Waals surface area contributed by atoms with Gasteiger partial charge in [-0.15, -0.1) is 0 Å². The van der Waals surface area contributed by atoms with Crippen LogP contribution in [0.25, 0.3) is 0 Å². The minimum Gasteiger partial charge on any atom is -0.497 e. The molecule has 0 unspecified atom stereocenters. The fourth-order valence-electron chi connectivity index (χ4n) is 1.68. The molecule has 112 valence electrons. The van der Waals surface area contributed by atoms with Crippen molar-refractivity contribution in [3.05, 3.63) is 23.1 Å². The number of thiazole rings is 1. The molecule has 0 atom stereocenters. The molecule has 0 saturated carbocycles. The van der Waals surface area contributed by atoms with Gasteiger partial charge < -0.3 is 25.8 Å². The molecule has 0 bridgehead atoms. The number of hydrogen-bond donors (Lipinski definition) is 3. The second kappa shape index (κ2) is 6.31. The number of anilines is 3. The third-order valence-electron chi connectivity index (χ3n) is 2.73. The third-order valence-corrected chi connectivity index (χ3v) is 3.82. The highest BCUT2D eigenvalue weighted by Gasteiger charge is 2.17. The van der Waals surface area contributed by atoms with Crippen LogP contribution in [0.5, 0.6) is 11.5 Å². The van der Waals surface area contributed by atoms with Gasteiger partial charge in [-0.3, -0.25) is 4.79 Å². The highest BCUT2D eigenvalue weighted by molar-refractivity contribution is 7.18. The second-order valence-corrected chi connectivity index (χ2v) is 5.00. The monoisotopic (exact) mass is 308 g/mol. The molecule has 4 N–H and O–H groups in total. The quantitative estimate of drug-likeness (QED) is 0.782. The van der Waals surface area contributed by atoms with Crippen LogP contribution < -0.4 is 25.8 Å². The number of nitrogen functional groups attached to an aromatic ring is 1. The van der Waals surface area contributed by atoms with Gasteiger partial charge in [0.1, 0.15) is 22.2 Å². The van der Waals surface area contributed by atoms with Crippen molar-refractivity contribution >= 4 is 33.9 Å². The summed E-state index contributed by atoms with van der Waals surface area (Å²) >= 11 is 1.18. The van der Waals surface area contributed by atoms with Gasteiger partial charge in [-0.1, -0.05) is 11.3 Å². The molecule has 0 aliphatic rings. The molecule has 0 saturated heterocycles. The zero-order valence-corrected chi connectivity index (χ0v) is 12.7. The second-order valence-electron chi connectivity index (χ2n) is 4.00. The molecule has 2 aromatic rings. The number of benzene rings is 1. The van der Waals surface area contributed by atoms with E-state index in [2.05, 4.69) is 15.6 Å². The molecule has 0 radical (unpaired) electrons. The van der Waals surface area contributed by atoms with E-state index in [1.165, 1.54) is 18.4 Å². The summed E-state index contributed by atoms with van der Waals surface area (Å²) in [5.74, 6) is 0.989. The number of hydrogen-bond acceptors (Lipinski definition) is 7. The predicted molar refractivity (Wildman–Crippen MR) is 83.6 cm³/mol. The Morgan fingerprint density at radius 1 is 1.33 bits per heavy atom. The Kier molecular flexibility index (Phi) is 4.49. The molecule has 1 amide bonds. The number of rotatable bonds is 5. The van der Waals surface area contributed by atoms with Gasteiger partial charge in [-0.25, -0.2) is 4.98 Å². The zero-order chi connectivity index (χ0) is 15.4. The van der Waals surface area contributed by atoms with Gasteiger partial charge in [-0.2, -0.15) is 0 Å². The summed E-state index contributed by atoms with van der Waals surface area (Å²) in [7, 11) is 4.79. The van der Waals surface area contributed by atoms with E-state index in [1.54, 1.807) is 32.4 Å². The maximum absolute atomic E-state index is 12.3. The van der Waals surface area contributed by atoms with Crippen LogP contribution in [-0.4, -0.2) is 32.2 Å². The van der Waals surface area contributed by atoms with Crippen LogP contribution in [-0.2, 0) is 0 Å². The molecule has 0 aliphatic carbocycles. The minimum atomic E-state index is -0.338. The molecular weight excluding hydrogens is 292 g/mol. The average Bonchev–Trinajstić information content (AvgIpc) is 2.88. The van der Waals surface area contributed by atoms with Crippen molar-refractivity contribution in [3.8, 4) is 11.5 Å². The van der Waals surface area contributed by atoms with E-state index in [9.17, 15) is 4.79 Å². The van der Waals surface area contributed by atoms with Crippen LogP contribution in [0.1, 0.15) is 9.67 Å². The highest BCUT2D eigenvalue weighted by atomic mass is 32.1. The topological polar surface area (TPSA) is 98.5 Å². The Hall–Kier alpha value is -2.48. The first-order chi connectivity index (χ1) is 10.1. The average molecular weight is 308 g/mol. The SMILES string of the molecule is CNc1nc(N)c(C(=O)Nc2ccc(OC)cc2OC)s1. The molecule has 1 aromatic carbocycles. The third kappa shape index (κ3) is 3.16. The number of nitrogens with two attached hydrogens (primary N) is 1. The maximum atomic E-state index is 12.3. The summed E-state index contributed by atoms with van der Waals surface area (Å²) in [5.41, 5.74) is 6.26. The first-order valence-electron chi connectivity index (χ1n) is 6.06. The van der Waals surface area contributed by atoms with Crippen molar-refractivity contribution in [1.29, 1.82) is 0 Å². The van der Waals surface area contributed by atoms with E-state index in [1.807, 2.05) is 0 Å². The normalized spacial score (nSPS) is 10.0. The number of ether oxygens (including phenoxy) is 2. The van der Waals surface area contributed by atoms with Crippen molar-refractivity contribution < 1.29 is 14.3 Å². The van der Waals surface area contributed by atoms with E-state index < -0.39 is 0 Å². The molecule has 1 aromatic heterocycles. The van der Waals surface area contributed by atoms with Gasteiger partial charge in [0.15, 0.2) is 5.13 Å². The van der Waals surface area contributed by atoms with Crippen LogP contribution in [0.15, 0.2) is 18.2 Å². The van der Waals surface area contributed by atoms with E-state index in [0.717, 1.165) is 0 Å². The Morgan fingerprint density at radius 3 is 2.67 bits per heavy atom. The van der Waals surface area contributed by atoms with Gasteiger partial charge in [0.25, 0.3) is 5.91 Å². The minimum absolute atomic E-state index is 0.189. The molecule has 8 heteroatoms. The molecule has 1 heterocycles. The van der Waals surface area contributed by atoms with E-state index in [-0.39, 0.29) is 11.7 Å². The number of amides is 1. The highest BCUT2D eigenvalue weighted by Crippen LogP contribution is 2.31. The summed E-state index contributed by atoms with van der Waals surface area (Å²) in [5, 5.41) is 6.18. The van der Waals surface area contributed by atoms with Gasteiger partial charge in [0, 0.05) is 13.1 Å². The summed E-state index contributed by atoms with van der Waals surface area (Å²) in [6, 6.07) is 5.11. The molecule has 7 nitrogen and oxygen atoms in total. The van der Waals surface area contributed by atoms with E-state index in [0.29, 0.717) is 27.2 Å². The van der Waals surface area contributed by atoms with E-state index >= 15 is 0 Å². The first kappa shape index (κ1) is 14.9. The van der Waals surface area contributed by atoms with Crippen LogP contribution in [0.3, 0.4) is 0 Å². The molecule has 0 fully saturated rings. The lowest BCUT2D eigenvalue weighted by atomic mass is 10.2. The van der Waals surface area contributed by atoms with Gasteiger partial charge in [-0.05, 0) is 12.1 Å². The van der Waals surface area contributed by atoms with Gasteiger partial charge >= 0.3 is 0 Å². The number of nitrogens with zero attached hydrogens (tertiary/aromatic N) is 1. The van der Waals surface area contributed by atoms with Crippen molar-refractivity contribution in [2.45, 2.75) is 0 Å². The Morgan fingerprint density at radius 2 is 2.10 bits per heavy atom. The van der Waals surface area contributed by atoms with Gasteiger partial charge in [0.05, 0.1) is 19.9 Å². The van der Waals surface area contributed by atoms with Crippen molar-refractivity contribution in [2.75, 3.05) is 37.6 Å². The summed E-state index contributed by atoms with van der Waals surface area (Å²) < 4.78 is 10.3. The van der Waals surface area contributed by atoms with Crippen LogP contribution in [0.2, 0.25) is 0 Å². The predicted octanol–water partition coefficient (Wildman–Crippen LogP) is 2.04. The molecule has 0 spiro atoms. The Bertz CT molecular complexity index is 657. The first-order valence-corrected chi connectivity index (χ1v) is 6.88. The molecular formula is C13H16N4O3S. The fourth-order valence-corrected chi connectivity index (χ4v) is 2.42.